The van der Waals surface area contributed by atoms with E-state index in [-0.39, 0.29) is 11.7 Å². The normalized spacial score (nSPS) is 18.6. The number of aliphatic imine (C=N–C) groups is 1. The van der Waals surface area contributed by atoms with Crippen molar-refractivity contribution in [3.63, 3.8) is 0 Å². The van der Waals surface area contributed by atoms with Crippen molar-refractivity contribution in [1.82, 2.24) is 15.0 Å². The number of nitrogens with zero attached hydrogens (tertiary/aromatic N) is 1. The molecule has 1 amide bonds. The molecular weight excluding hydrogens is 825 g/mol. The molecule has 1 unspecified atom stereocenters. The Kier molecular flexibility index (Phi) is 10.6. The monoisotopic (exact) mass is 880 g/mol. The molecule has 1 atom stereocenters. The summed E-state index contributed by atoms with van der Waals surface area (Å²) in [4.78, 5) is 44.9. The van der Waals surface area contributed by atoms with Gasteiger partial charge in [0.1, 0.15) is 0 Å². The van der Waals surface area contributed by atoms with Gasteiger partial charge in [0.2, 0.25) is 5.78 Å². The number of aromatic amines is 3. The number of hydrogen-bond acceptors (Lipinski definition) is 3. The van der Waals surface area contributed by atoms with Crippen LogP contribution in [-0.2, 0) is 48.9 Å². The molecule has 4 heterocycles. The number of carbonyl (C=O) groups is 2. The zero-order chi connectivity index (χ0) is 45.1. The Balaban J connectivity index is 1.16. The van der Waals surface area contributed by atoms with Crippen molar-refractivity contribution in [1.29, 1.82) is 0 Å². The second-order valence-corrected chi connectivity index (χ2v) is 19.3. The van der Waals surface area contributed by atoms with Crippen LogP contribution in [0.2, 0.25) is 0 Å². The summed E-state index contributed by atoms with van der Waals surface area (Å²) in [6, 6.07) is 40.9. The van der Waals surface area contributed by atoms with E-state index in [1.54, 1.807) is 0 Å². The predicted octanol–water partition coefficient (Wildman–Crippen LogP) is 10.1. The fraction of sp³-hybridized carbons (Fsp3) is 0.283. The van der Waals surface area contributed by atoms with Gasteiger partial charge < -0.3 is 20.1 Å². The maximum absolute atomic E-state index is 14.4. The van der Waals surface area contributed by atoms with E-state index < -0.39 is 5.60 Å². The van der Waals surface area contributed by atoms with E-state index in [2.05, 4.69) is 75.6 Å². The lowest BCUT2D eigenvalue weighted by Gasteiger charge is -2.31. The molecule has 4 aromatic carbocycles. The lowest BCUT2D eigenvalue weighted by molar-refractivity contribution is -0.114. The highest BCUT2D eigenvalue weighted by Gasteiger charge is 2.45. The number of fused-ring (bicyclic) bond motifs is 3. The van der Waals surface area contributed by atoms with E-state index in [1.807, 2.05) is 60.7 Å². The first kappa shape index (κ1) is 41.6. The number of amides is 1. The van der Waals surface area contributed by atoms with Crippen molar-refractivity contribution < 1.29 is 14.7 Å². The summed E-state index contributed by atoms with van der Waals surface area (Å²) < 4.78 is 0. The molecule has 12 rings (SSSR count). The summed E-state index contributed by atoms with van der Waals surface area (Å²) in [5.41, 5.74) is 17.1. The highest BCUT2D eigenvalue weighted by atomic mass is 16.3. The van der Waals surface area contributed by atoms with E-state index in [1.165, 1.54) is 16.7 Å². The van der Waals surface area contributed by atoms with Gasteiger partial charge >= 0.3 is 0 Å². The van der Waals surface area contributed by atoms with Crippen LogP contribution in [-0.4, -0.2) is 37.5 Å². The first-order valence-corrected chi connectivity index (χ1v) is 24.8. The lowest BCUT2D eigenvalue weighted by Crippen LogP contribution is -2.33. The van der Waals surface area contributed by atoms with Gasteiger partial charge in [0.15, 0.2) is 5.60 Å². The third-order valence-electron chi connectivity index (χ3n) is 15.5. The molecule has 67 heavy (non-hydrogen) atoms. The van der Waals surface area contributed by atoms with Gasteiger partial charge in [-0.1, -0.05) is 121 Å². The average molecular weight is 881 g/mol. The van der Waals surface area contributed by atoms with Gasteiger partial charge in [-0.15, -0.1) is 0 Å². The number of nitrogens with one attached hydrogen (secondary N) is 3. The van der Waals surface area contributed by atoms with E-state index in [4.69, 9.17) is 4.99 Å². The van der Waals surface area contributed by atoms with Crippen molar-refractivity contribution in [2.75, 3.05) is 0 Å². The van der Waals surface area contributed by atoms with Gasteiger partial charge in [0.25, 0.3) is 5.91 Å². The Hall–Kier alpha value is -6.83. The Morgan fingerprint density at radius 2 is 0.866 bits per heavy atom. The summed E-state index contributed by atoms with van der Waals surface area (Å²) in [6.07, 6.45) is 15.0. The fourth-order valence-corrected chi connectivity index (χ4v) is 12.3. The summed E-state index contributed by atoms with van der Waals surface area (Å²) in [6.45, 7) is 0. The number of rotatable bonds is 9. The third kappa shape index (κ3) is 6.92. The topological polar surface area (TPSA) is 114 Å². The van der Waals surface area contributed by atoms with Crippen molar-refractivity contribution in [3.8, 4) is 0 Å². The second-order valence-electron chi connectivity index (χ2n) is 19.3. The van der Waals surface area contributed by atoms with Crippen LogP contribution in [0.25, 0.3) is 11.1 Å². The number of ketones is 1. The molecule has 1 aliphatic heterocycles. The number of allylic oxidation sites excluding steroid dienone is 1. The number of benzene rings is 4. The molecule has 0 radical (unpaired) electrons. The number of carbonyl (C=O) groups excluding carboxylic acids is 2. The van der Waals surface area contributed by atoms with Crippen LogP contribution >= 0.6 is 0 Å². The number of aromatic nitrogens is 3. The number of aliphatic hydroxyl groups is 1. The smallest absolute Gasteiger partial charge is 0.273 e. The molecule has 4 aliphatic carbocycles. The molecule has 4 N–H and O–H groups in total. The molecule has 0 saturated heterocycles. The Morgan fingerprint density at radius 3 is 1.43 bits per heavy atom. The van der Waals surface area contributed by atoms with Crippen LogP contribution in [0.15, 0.2) is 137 Å². The van der Waals surface area contributed by atoms with Crippen LogP contribution < -0.4 is 10.7 Å². The average Bonchev–Trinajstić information content (AvgIpc) is 4.17. The van der Waals surface area contributed by atoms with Crippen LogP contribution in [0.5, 0.6) is 0 Å². The first-order chi connectivity index (χ1) is 33.0. The first-order valence-electron chi connectivity index (χ1n) is 24.8. The van der Waals surface area contributed by atoms with E-state index in [0.29, 0.717) is 17.0 Å². The minimum Gasteiger partial charge on any atom is -0.373 e. The maximum Gasteiger partial charge on any atom is 0.273 e. The quantitative estimate of drug-likeness (QED) is 0.108. The Morgan fingerprint density at radius 1 is 0.448 bits per heavy atom. The highest BCUT2D eigenvalue weighted by Crippen LogP contribution is 2.46. The van der Waals surface area contributed by atoms with Crippen LogP contribution in [0.3, 0.4) is 0 Å². The molecule has 7 aromatic rings. The maximum atomic E-state index is 14.4. The van der Waals surface area contributed by atoms with Gasteiger partial charge in [-0.2, -0.15) is 0 Å². The van der Waals surface area contributed by atoms with Crippen molar-refractivity contribution in [2.24, 2.45) is 4.99 Å². The summed E-state index contributed by atoms with van der Waals surface area (Å²) in [5.74, 6) is -0.121. The van der Waals surface area contributed by atoms with Gasteiger partial charge in [-0.3, -0.25) is 9.59 Å². The second kappa shape index (κ2) is 17.1. The van der Waals surface area contributed by atoms with Crippen molar-refractivity contribution >= 4 is 28.5 Å². The molecule has 334 valence electrons. The van der Waals surface area contributed by atoms with Crippen molar-refractivity contribution in [3.05, 3.63) is 222 Å². The number of hydrogen-bond donors (Lipinski definition) is 4. The van der Waals surface area contributed by atoms with E-state index >= 15 is 0 Å². The standard InChI is InChI=1S/C60H56N4O3/c65-56(39-25-9-3-10-26-39)55-44-32-16-19-35-47(44)58(63-55)60(67,40-27-11-4-12-28-40)57-46-34-18-15-31-43(46)53(62-57)49(37-21-5-1-6-22-37)51-41-29-13-14-30-42(41)52(61-51)50(38-23-7-2-8-24-38)54-45-33-17-20-36-48(45)59(66)64-54/h1-12,21-28,61-63,67H,13-20,29-36H2/b51-49-,52-50+. The summed E-state index contributed by atoms with van der Waals surface area (Å²) in [7, 11) is 0. The molecule has 7 heteroatoms. The van der Waals surface area contributed by atoms with Gasteiger partial charge in [0.05, 0.1) is 39.2 Å². The molecule has 0 spiro atoms. The molecule has 7 nitrogen and oxygen atoms in total. The molecule has 0 bridgehead atoms. The van der Waals surface area contributed by atoms with Crippen molar-refractivity contribution in [2.45, 2.75) is 108 Å². The predicted molar refractivity (Wildman–Crippen MR) is 265 cm³/mol. The molecule has 5 aliphatic rings. The van der Waals surface area contributed by atoms with Crippen LogP contribution in [0, 0.1) is 0 Å². The molecule has 3 aromatic heterocycles. The number of H-pyrrole nitrogens is 3. The van der Waals surface area contributed by atoms with E-state index in [0.717, 1.165) is 186 Å². The summed E-state index contributed by atoms with van der Waals surface area (Å²) in [5, 5.41) is 16.3. The zero-order valence-electron chi connectivity index (χ0n) is 38.1. The minimum absolute atomic E-state index is 0.0442. The van der Waals surface area contributed by atoms with Crippen LogP contribution in [0.4, 0.5) is 0 Å². The minimum atomic E-state index is -1.62. The Labute approximate surface area is 391 Å². The van der Waals surface area contributed by atoms with Gasteiger partial charge in [0, 0.05) is 22.3 Å². The van der Waals surface area contributed by atoms with E-state index in [9.17, 15) is 14.7 Å². The highest BCUT2D eigenvalue weighted by molar-refractivity contribution is 6.38. The largest absolute Gasteiger partial charge is 0.373 e. The Bertz CT molecular complexity index is 3280. The fourth-order valence-electron chi connectivity index (χ4n) is 12.3. The molecular formula is C60H56N4O3. The SMILES string of the molecule is O=C1N=C(/C(c2ccccc2)=c2/[nH]/c(=C(/c3ccccc3)c3[nH]c(C(O)(c4ccccc4)c4[nH]c(C(=O)c5ccccc5)c5c4CCCC5)c4c3CCCC4)c3c2CCCC3)C2=C1CCCC2. The zero-order valence-corrected chi connectivity index (χ0v) is 38.1. The molecule has 0 saturated carbocycles. The lowest BCUT2D eigenvalue weighted by atomic mass is 9.78. The molecule has 0 fully saturated rings. The summed E-state index contributed by atoms with van der Waals surface area (Å²) >= 11 is 0. The van der Waals surface area contributed by atoms with Gasteiger partial charge in [-0.05, 0) is 158 Å². The van der Waals surface area contributed by atoms with Gasteiger partial charge in [-0.25, -0.2) is 4.99 Å². The van der Waals surface area contributed by atoms with Crippen LogP contribution in [0.1, 0.15) is 147 Å². The third-order valence-corrected chi connectivity index (χ3v) is 15.5.